The molecule has 1 aliphatic heterocycles. The summed E-state index contributed by atoms with van der Waals surface area (Å²) in [4.78, 5) is 13.0. The van der Waals surface area contributed by atoms with Crippen LogP contribution in [0, 0.1) is 15.9 Å². The smallest absolute Gasteiger partial charge is 0.293 e. The van der Waals surface area contributed by atoms with Gasteiger partial charge in [-0.2, -0.15) is 4.31 Å². The molecule has 2 aromatic rings. The van der Waals surface area contributed by atoms with E-state index in [2.05, 4.69) is 5.32 Å². The van der Waals surface area contributed by atoms with Gasteiger partial charge < -0.3 is 10.2 Å². The van der Waals surface area contributed by atoms with Crippen LogP contribution in [-0.2, 0) is 16.4 Å². The van der Waals surface area contributed by atoms with Crippen LogP contribution in [-0.4, -0.2) is 55.8 Å². The normalized spacial score (nSPS) is 20.1. The number of nitrogens with zero attached hydrogens (tertiary/aromatic N) is 3. The van der Waals surface area contributed by atoms with Crippen LogP contribution in [0.5, 0.6) is 0 Å². The number of nitro groups is 1. The number of benzene rings is 2. The Morgan fingerprint density at radius 2 is 1.87 bits per heavy atom. The zero-order valence-corrected chi connectivity index (χ0v) is 17.4. The highest BCUT2D eigenvalue weighted by Gasteiger charge is 2.31. The van der Waals surface area contributed by atoms with Crippen molar-refractivity contribution in [2.75, 3.05) is 38.5 Å². The molecule has 1 atom stereocenters. The Hall–Kier alpha value is -2.56. The van der Waals surface area contributed by atoms with Crippen LogP contribution in [0.1, 0.15) is 23.6 Å². The first-order valence-electron chi connectivity index (χ1n) is 9.78. The molecule has 0 aromatic heterocycles. The molecule has 4 rings (SSSR count). The van der Waals surface area contributed by atoms with Crippen molar-refractivity contribution in [1.29, 1.82) is 0 Å². The van der Waals surface area contributed by atoms with Crippen molar-refractivity contribution in [2.45, 2.75) is 23.8 Å². The molecular weight excluding hydrogens is 411 g/mol. The number of likely N-dealkylation sites (N-methyl/N-ethyl adjacent to an activating group) is 1. The van der Waals surface area contributed by atoms with Crippen molar-refractivity contribution in [2.24, 2.45) is 0 Å². The minimum absolute atomic E-state index is 0.0952. The van der Waals surface area contributed by atoms with Gasteiger partial charge in [0.15, 0.2) is 0 Å². The summed E-state index contributed by atoms with van der Waals surface area (Å²) in [6, 6.07) is 8.24. The first kappa shape index (κ1) is 20.7. The SMILES string of the molecule is CN1CCN(S(=O)(=O)c2ccc(NC3CCc4ccc(F)cc43)c([N+](=O)[O-])c2)CC1. The van der Waals surface area contributed by atoms with E-state index in [1.165, 1.54) is 28.6 Å². The second-order valence-corrected chi connectivity index (χ2v) is 9.66. The Labute approximate surface area is 174 Å². The second kappa shape index (κ2) is 7.93. The Morgan fingerprint density at radius 3 is 2.57 bits per heavy atom. The van der Waals surface area contributed by atoms with Crippen LogP contribution in [0.2, 0.25) is 0 Å². The fourth-order valence-electron chi connectivity index (χ4n) is 4.03. The van der Waals surface area contributed by atoms with E-state index in [0.717, 1.165) is 23.6 Å². The first-order chi connectivity index (χ1) is 14.3. The quantitative estimate of drug-likeness (QED) is 0.574. The molecule has 30 heavy (non-hydrogen) atoms. The van der Waals surface area contributed by atoms with E-state index in [0.29, 0.717) is 32.6 Å². The van der Waals surface area contributed by atoms with Crippen LogP contribution < -0.4 is 5.32 Å². The van der Waals surface area contributed by atoms with Gasteiger partial charge in [0, 0.05) is 32.2 Å². The fourth-order valence-corrected chi connectivity index (χ4v) is 5.48. The van der Waals surface area contributed by atoms with Gasteiger partial charge >= 0.3 is 0 Å². The average molecular weight is 434 g/mol. The summed E-state index contributed by atoms with van der Waals surface area (Å²) in [6.07, 6.45) is 1.42. The van der Waals surface area contributed by atoms with Gasteiger partial charge in [-0.15, -0.1) is 0 Å². The van der Waals surface area contributed by atoms with Crippen molar-refractivity contribution >= 4 is 21.4 Å². The number of anilines is 1. The molecule has 0 saturated carbocycles. The third-order valence-electron chi connectivity index (χ3n) is 5.78. The highest BCUT2D eigenvalue weighted by Crippen LogP contribution is 2.37. The average Bonchev–Trinajstić information content (AvgIpc) is 3.10. The first-order valence-corrected chi connectivity index (χ1v) is 11.2. The number of nitro benzene ring substituents is 1. The maximum atomic E-state index is 13.7. The second-order valence-electron chi connectivity index (χ2n) is 7.72. The van der Waals surface area contributed by atoms with Crippen LogP contribution >= 0.6 is 0 Å². The maximum absolute atomic E-state index is 13.7. The third kappa shape index (κ3) is 3.90. The number of nitrogens with one attached hydrogen (secondary N) is 1. The molecule has 8 nitrogen and oxygen atoms in total. The molecule has 1 fully saturated rings. The lowest BCUT2D eigenvalue weighted by Gasteiger charge is -2.31. The molecule has 1 heterocycles. The monoisotopic (exact) mass is 434 g/mol. The summed E-state index contributed by atoms with van der Waals surface area (Å²) in [5, 5.41) is 14.8. The van der Waals surface area contributed by atoms with Crippen molar-refractivity contribution < 1.29 is 17.7 Å². The number of halogens is 1. The molecule has 1 saturated heterocycles. The number of piperazine rings is 1. The molecule has 0 radical (unpaired) electrons. The predicted molar refractivity (Wildman–Crippen MR) is 110 cm³/mol. The summed E-state index contributed by atoms with van der Waals surface area (Å²) in [7, 11) is -1.90. The van der Waals surface area contributed by atoms with E-state index in [9.17, 15) is 22.9 Å². The molecule has 0 bridgehead atoms. The topological polar surface area (TPSA) is 95.8 Å². The van der Waals surface area contributed by atoms with Gasteiger partial charge in [0.25, 0.3) is 5.69 Å². The largest absolute Gasteiger partial charge is 0.373 e. The summed E-state index contributed by atoms with van der Waals surface area (Å²) >= 11 is 0. The lowest BCUT2D eigenvalue weighted by atomic mass is 10.1. The fraction of sp³-hybridized carbons (Fsp3) is 0.400. The molecule has 2 aromatic carbocycles. The van der Waals surface area contributed by atoms with Gasteiger partial charge in [-0.05, 0) is 55.3 Å². The van der Waals surface area contributed by atoms with E-state index >= 15 is 0 Å². The van der Waals surface area contributed by atoms with Crippen molar-refractivity contribution in [3.8, 4) is 0 Å². The number of aryl methyl sites for hydroxylation is 1. The van der Waals surface area contributed by atoms with Gasteiger partial charge in [-0.3, -0.25) is 10.1 Å². The number of fused-ring (bicyclic) bond motifs is 1. The number of hydrogen-bond acceptors (Lipinski definition) is 6. The molecule has 0 amide bonds. The van der Waals surface area contributed by atoms with Gasteiger partial charge in [0.1, 0.15) is 11.5 Å². The molecule has 1 unspecified atom stereocenters. The molecule has 0 spiro atoms. The van der Waals surface area contributed by atoms with Crippen molar-refractivity contribution in [3.05, 3.63) is 63.5 Å². The minimum Gasteiger partial charge on any atom is -0.373 e. The van der Waals surface area contributed by atoms with Crippen LogP contribution in [0.15, 0.2) is 41.3 Å². The number of hydrogen-bond donors (Lipinski definition) is 1. The van der Waals surface area contributed by atoms with E-state index < -0.39 is 14.9 Å². The molecule has 2 aliphatic rings. The van der Waals surface area contributed by atoms with E-state index in [1.54, 1.807) is 6.07 Å². The van der Waals surface area contributed by atoms with E-state index in [4.69, 9.17) is 0 Å². The van der Waals surface area contributed by atoms with Crippen LogP contribution in [0.25, 0.3) is 0 Å². The standard InChI is InChI=1S/C20H23FN4O4S/c1-23-8-10-24(11-9-23)30(28,29)16-5-7-19(20(13-16)25(26)27)22-18-6-3-14-2-4-15(21)12-17(14)18/h2,4-5,7,12-13,18,22H,3,6,8-11H2,1H3. The summed E-state index contributed by atoms with van der Waals surface area (Å²) < 4.78 is 40.9. The molecular formula is C20H23FN4O4S. The molecule has 10 heteroatoms. The zero-order valence-electron chi connectivity index (χ0n) is 16.5. The summed E-state index contributed by atoms with van der Waals surface area (Å²) in [5.74, 6) is -0.356. The third-order valence-corrected chi connectivity index (χ3v) is 7.68. The Morgan fingerprint density at radius 1 is 1.13 bits per heavy atom. The Kier molecular flexibility index (Phi) is 5.48. The van der Waals surface area contributed by atoms with E-state index in [1.807, 2.05) is 11.9 Å². The molecule has 1 aliphatic carbocycles. The number of sulfonamides is 1. The van der Waals surface area contributed by atoms with Gasteiger partial charge in [0.2, 0.25) is 10.0 Å². The summed E-state index contributed by atoms with van der Waals surface area (Å²) in [5.41, 5.74) is 1.69. The lowest BCUT2D eigenvalue weighted by Crippen LogP contribution is -2.47. The van der Waals surface area contributed by atoms with Crippen molar-refractivity contribution in [1.82, 2.24) is 9.21 Å². The Bertz CT molecular complexity index is 1080. The van der Waals surface area contributed by atoms with E-state index in [-0.39, 0.29) is 28.1 Å². The Balaban J connectivity index is 1.62. The lowest BCUT2D eigenvalue weighted by molar-refractivity contribution is -0.384. The van der Waals surface area contributed by atoms with Crippen molar-refractivity contribution in [3.63, 3.8) is 0 Å². The van der Waals surface area contributed by atoms with Gasteiger partial charge in [0.05, 0.1) is 15.9 Å². The minimum atomic E-state index is -3.81. The highest BCUT2D eigenvalue weighted by molar-refractivity contribution is 7.89. The zero-order chi connectivity index (χ0) is 21.5. The predicted octanol–water partition coefficient (Wildman–Crippen LogP) is 2.77. The maximum Gasteiger partial charge on any atom is 0.293 e. The summed E-state index contributed by atoms with van der Waals surface area (Å²) in [6.45, 7) is 1.91. The van der Waals surface area contributed by atoms with Gasteiger partial charge in [-0.25, -0.2) is 12.8 Å². The molecule has 1 N–H and O–H groups in total. The van der Waals surface area contributed by atoms with Gasteiger partial charge in [-0.1, -0.05) is 6.07 Å². The van der Waals surface area contributed by atoms with Crippen LogP contribution in [0.4, 0.5) is 15.8 Å². The number of rotatable bonds is 5. The highest BCUT2D eigenvalue weighted by atomic mass is 32.2. The molecule has 160 valence electrons. The van der Waals surface area contributed by atoms with Crippen LogP contribution in [0.3, 0.4) is 0 Å².